The summed E-state index contributed by atoms with van der Waals surface area (Å²) in [6.45, 7) is 1.90. The van der Waals surface area contributed by atoms with Gasteiger partial charge in [-0.05, 0) is 18.1 Å². The van der Waals surface area contributed by atoms with Gasteiger partial charge in [0.1, 0.15) is 11.4 Å². The van der Waals surface area contributed by atoms with Crippen LogP contribution in [0.4, 0.5) is 24.7 Å². The van der Waals surface area contributed by atoms with Crippen LogP contribution < -0.4 is 5.32 Å². The summed E-state index contributed by atoms with van der Waals surface area (Å²) >= 11 is 0. The molecule has 0 radical (unpaired) electrons. The molecular weight excluding hydrogens is 315 g/mol. The fourth-order valence-corrected chi connectivity index (χ4v) is 2.31. The molecule has 1 heterocycles. The number of rotatable bonds is 4. The molecule has 0 bridgehead atoms. The summed E-state index contributed by atoms with van der Waals surface area (Å²) in [6.07, 6.45) is -1.98. The molecule has 0 saturated carbocycles. The molecule has 0 saturated heterocycles. The monoisotopic (exact) mass is 329 g/mol. The van der Waals surface area contributed by atoms with E-state index in [0.717, 1.165) is 5.56 Å². The van der Waals surface area contributed by atoms with Crippen molar-refractivity contribution in [3.63, 3.8) is 0 Å². The van der Waals surface area contributed by atoms with Crippen LogP contribution in [0.3, 0.4) is 0 Å². The van der Waals surface area contributed by atoms with Gasteiger partial charge in [0.2, 0.25) is 5.16 Å². The zero-order chi connectivity index (χ0) is 16.3. The third-order valence-corrected chi connectivity index (χ3v) is 3.69. The number of nitrogens with one attached hydrogen (secondary N) is 1. The van der Waals surface area contributed by atoms with Gasteiger partial charge >= 0.3 is 6.18 Å². The fourth-order valence-electron chi connectivity index (χ4n) is 1.88. The first kappa shape index (κ1) is 16.4. The van der Waals surface area contributed by atoms with Crippen molar-refractivity contribution < 1.29 is 17.4 Å². The fraction of sp³-hybridized carbons (Fsp3) is 0.286. The lowest BCUT2D eigenvalue weighted by Gasteiger charge is -2.15. The van der Waals surface area contributed by atoms with E-state index in [1.807, 2.05) is 13.0 Å². The molecule has 1 unspecified atom stereocenters. The molecular formula is C14H14F3N3OS. The summed E-state index contributed by atoms with van der Waals surface area (Å²) in [5.74, 6) is -0.395. The lowest BCUT2D eigenvalue weighted by molar-refractivity contribution is -0.137. The van der Waals surface area contributed by atoms with Gasteiger partial charge in [0.25, 0.3) is 0 Å². The minimum absolute atomic E-state index is 0.149. The van der Waals surface area contributed by atoms with Crippen molar-refractivity contribution in [3.8, 4) is 0 Å². The number of benzene rings is 1. The Kier molecular flexibility index (Phi) is 4.80. The van der Waals surface area contributed by atoms with E-state index in [9.17, 15) is 17.4 Å². The van der Waals surface area contributed by atoms with Crippen molar-refractivity contribution in [3.05, 3.63) is 41.6 Å². The van der Waals surface area contributed by atoms with Gasteiger partial charge in [0, 0.05) is 18.1 Å². The Morgan fingerprint density at radius 3 is 2.55 bits per heavy atom. The molecule has 1 aromatic carbocycles. The number of anilines is 2. The van der Waals surface area contributed by atoms with E-state index < -0.39 is 28.4 Å². The van der Waals surface area contributed by atoms with Crippen LogP contribution in [-0.2, 0) is 23.4 Å². The predicted molar refractivity (Wildman–Crippen MR) is 78.5 cm³/mol. The Morgan fingerprint density at radius 1 is 1.27 bits per heavy atom. The number of alkyl halides is 3. The lowest BCUT2D eigenvalue weighted by atomic mass is 10.1. The Hall–Kier alpha value is -1.96. The highest BCUT2D eigenvalue weighted by Crippen LogP contribution is 2.35. The van der Waals surface area contributed by atoms with Crippen molar-refractivity contribution in [1.29, 1.82) is 0 Å². The minimum atomic E-state index is -4.60. The quantitative estimate of drug-likeness (QED) is 0.872. The van der Waals surface area contributed by atoms with E-state index >= 15 is 0 Å². The molecule has 1 aromatic heterocycles. The predicted octanol–water partition coefficient (Wildman–Crippen LogP) is 3.54. The van der Waals surface area contributed by atoms with Gasteiger partial charge in [-0.2, -0.15) is 13.2 Å². The number of halogens is 3. The summed E-state index contributed by atoms with van der Waals surface area (Å²) < 4.78 is 50.6. The summed E-state index contributed by atoms with van der Waals surface area (Å²) in [4.78, 5) is 7.29. The number of hydrogen-bond donors (Lipinski definition) is 1. The average Bonchev–Trinajstić information content (AvgIpc) is 2.46. The molecule has 118 valence electrons. The highest BCUT2D eigenvalue weighted by molar-refractivity contribution is 7.84. The maximum absolute atomic E-state index is 13.1. The molecule has 0 fully saturated rings. The second-order valence-electron chi connectivity index (χ2n) is 4.50. The zero-order valence-corrected chi connectivity index (χ0v) is 12.8. The highest BCUT2D eigenvalue weighted by atomic mass is 32.2. The van der Waals surface area contributed by atoms with Crippen LogP contribution in [0.5, 0.6) is 0 Å². The molecule has 1 N–H and O–H groups in total. The number of nitrogens with zero attached hydrogens (tertiary/aromatic N) is 2. The first-order valence-corrected chi connectivity index (χ1v) is 8.01. The van der Waals surface area contributed by atoms with E-state index in [4.69, 9.17) is 0 Å². The largest absolute Gasteiger partial charge is 0.421 e. The van der Waals surface area contributed by atoms with Crippen LogP contribution in [0, 0.1) is 0 Å². The van der Waals surface area contributed by atoms with Gasteiger partial charge < -0.3 is 5.32 Å². The molecule has 4 nitrogen and oxygen atoms in total. The second-order valence-corrected chi connectivity index (χ2v) is 5.78. The summed E-state index contributed by atoms with van der Waals surface area (Å²) in [5, 5.41) is 2.54. The van der Waals surface area contributed by atoms with Crippen LogP contribution in [-0.4, -0.2) is 20.4 Å². The van der Waals surface area contributed by atoms with Crippen molar-refractivity contribution in [2.75, 3.05) is 11.6 Å². The van der Waals surface area contributed by atoms with E-state index in [2.05, 4.69) is 15.3 Å². The van der Waals surface area contributed by atoms with Crippen molar-refractivity contribution in [2.24, 2.45) is 0 Å². The van der Waals surface area contributed by atoms with Crippen LogP contribution >= 0.6 is 0 Å². The molecule has 1 atom stereocenters. The molecule has 0 spiro atoms. The van der Waals surface area contributed by atoms with Gasteiger partial charge in [-0.25, -0.2) is 9.97 Å². The van der Waals surface area contributed by atoms with Crippen molar-refractivity contribution in [2.45, 2.75) is 24.7 Å². The zero-order valence-electron chi connectivity index (χ0n) is 11.9. The minimum Gasteiger partial charge on any atom is -0.339 e. The number of aryl methyl sites for hydroxylation is 1. The molecule has 2 aromatic rings. The van der Waals surface area contributed by atoms with Crippen LogP contribution in [0.15, 0.2) is 35.6 Å². The van der Waals surface area contributed by atoms with Gasteiger partial charge in [-0.3, -0.25) is 4.21 Å². The summed E-state index contributed by atoms with van der Waals surface area (Å²) in [7, 11) is -1.57. The molecule has 0 aliphatic rings. The number of para-hydroxylation sites is 1. The van der Waals surface area contributed by atoms with Crippen molar-refractivity contribution >= 4 is 22.3 Å². The molecule has 2 rings (SSSR count). The third kappa shape index (κ3) is 3.62. The van der Waals surface area contributed by atoms with Crippen LogP contribution in [0.25, 0.3) is 0 Å². The first-order valence-electron chi connectivity index (χ1n) is 6.45. The topological polar surface area (TPSA) is 54.9 Å². The van der Waals surface area contributed by atoms with Crippen molar-refractivity contribution in [1.82, 2.24) is 9.97 Å². The van der Waals surface area contributed by atoms with E-state index in [1.165, 1.54) is 6.26 Å². The van der Waals surface area contributed by atoms with Gasteiger partial charge in [0.05, 0.1) is 10.8 Å². The first-order chi connectivity index (χ1) is 10.3. The number of aromatic nitrogens is 2. The molecule has 0 aliphatic carbocycles. The maximum Gasteiger partial charge on any atom is 0.421 e. The molecule has 8 heteroatoms. The highest BCUT2D eigenvalue weighted by Gasteiger charge is 2.35. The van der Waals surface area contributed by atoms with Crippen LogP contribution in [0.1, 0.15) is 18.1 Å². The van der Waals surface area contributed by atoms with E-state index in [1.54, 1.807) is 18.2 Å². The summed E-state index contributed by atoms with van der Waals surface area (Å²) in [5.41, 5.74) is 0.392. The van der Waals surface area contributed by atoms with Crippen LogP contribution in [0.2, 0.25) is 0 Å². The van der Waals surface area contributed by atoms with E-state index in [0.29, 0.717) is 18.3 Å². The van der Waals surface area contributed by atoms with Gasteiger partial charge in [0.15, 0.2) is 0 Å². The lowest BCUT2D eigenvalue weighted by Crippen LogP contribution is -2.13. The third-order valence-electron chi connectivity index (χ3n) is 2.98. The number of hydrogen-bond acceptors (Lipinski definition) is 4. The second kappa shape index (κ2) is 6.43. The summed E-state index contributed by atoms with van der Waals surface area (Å²) in [6, 6.07) is 7.01. The Labute approximate surface area is 128 Å². The maximum atomic E-state index is 13.1. The van der Waals surface area contributed by atoms with Gasteiger partial charge in [-0.1, -0.05) is 25.1 Å². The normalized spacial score (nSPS) is 13.0. The Balaban J connectivity index is 2.52. The SMILES string of the molecule is CCc1ccccc1Nc1nc(S(C)=O)ncc1C(F)(F)F. The van der Waals surface area contributed by atoms with E-state index in [-0.39, 0.29) is 5.16 Å². The van der Waals surface area contributed by atoms with Gasteiger partial charge in [-0.15, -0.1) is 0 Å². The smallest absolute Gasteiger partial charge is 0.339 e. The molecule has 22 heavy (non-hydrogen) atoms. The standard InChI is InChI=1S/C14H14F3N3OS/c1-3-9-6-4-5-7-11(9)19-12-10(14(15,16)17)8-18-13(20-12)22(2)21/h4-8H,3H2,1-2H3,(H,18,19,20). The average molecular weight is 329 g/mol. The Morgan fingerprint density at radius 2 is 1.95 bits per heavy atom. The molecule has 0 aliphatic heterocycles. The Bertz CT molecular complexity index is 704. The molecule has 0 amide bonds.